The number of rotatable bonds is 14. The fraction of sp³-hybridized carbons (Fsp3) is 0.818. The summed E-state index contributed by atoms with van der Waals surface area (Å²) < 4.78 is 10.5. The van der Waals surface area contributed by atoms with E-state index in [2.05, 4.69) is 41.5 Å². The van der Waals surface area contributed by atoms with Crippen molar-refractivity contribution in [1.29, 1.82) is 0 Å². The van der Waals surface area contributed by atoms with E-state index in [-0.39, 0.29) is 10.8 Å². The van der Waals surface area contributed by atoms with Gasteiger partial charge in [-0.2, -0.15) is 0 Å². The lowest BCUT2D eigenvalue weighted by atomic mass is 9.88. The Morgan fingerprint density at radius 1 is 0.692 bits per heavy atom. The molecule has 0 aliphatic rings. The lowest BCUT2D eigenvalue weighted by Gasteiger charge is -2.24. The Hall–Kier alpha value is -1.32. The molecule has 0 amide bonds. The van der Waals surface area contributed by atoms with Gasteiger partial charge in [0.1, 0.15) is 0 Å². The van der Waals surface area contributed by atoms with E-state index < -0.39 is 11.9 Å². The normalized spacial score (nSPS) is 12.4. The Labute approximate surface area is 160 Å². The second-order valence-electron chi connectivity index (χ2n) is 8.79. The van der Waals surface area contributed by atoms with Crippen molar-refractivity contribution in [3.05, 3.63) is 12.2 Å². The highest BCUT2D eigenvalue weighted by Crippen LogP contribution is 2.25. The fourth-order valence-electron chi connectivity index (χ4n) is 2.62. The van der Waals surface area contributed by atoms with E-state index in [1.165, 1.54) is 25.7 Å². The number of carbonyl (C=O) groups is 2. The zero-order valence-electron chi connectivity index (χ0n) is 17.9. The molecule has 0 radical (unpaired) electrons. The van der Waals surface area contributed by atoms with Gasteiger partial charge >= 0.3 is 11.9 Å². The van der Waals surface area contributed by atoms with Crippen LogP contribution < -0.4 is 0 Å². The van der Waals surface area contributed by atoms with Crippen LogP contribution >= 0.6 is 0 Å². The summed E-state index contributed by atoms with van der Waals surface area (Å²) in [5.74, 6) is -0.986. The first-order valence-electron chi connectivity index (χ1n) is 10.1. The predicted octanol–water partition coefficient (Wildman–Crippen LogP) is 5.84. The minimum absolute atomic E-state index is 0.0400. The second kappa shape index (κ2) is 12.9. The summed E-state index contributed by atoms with van der Waals surface area (Å²) in [5.41, 5.74) is -0.0800. The fourth-order valence-corrected chi connectivity index (χ4v) is 2.62. The molecule has 0 aromatic carbocycles. The monoisotopic (exact) mass is 368 g/mol. The lowest BCUT2D eigenvalue weighted by molar-refractivity contribution is -0.143. The number of carbonyl (C=O) groups excluding carboxylic acids is 2. The molecule has 0 bridgehead atoms. The van der Waals surface area contributed by atoms with Gasteiger partial charge in [0.25, 0.3) is 0 Å². The quantitative estimate of drug-likeness (QED) is 0.219. The van der Waals surface area contributed by atoms with Gasteiger partial charge in [0, 0.05) is 12.2 Å². The molecule has 4 nitrogen and oxygen atoms in total. The van der Waals surface area contributed by atoms with Crippen LogP contribution in [-0.2, 0) is 19.1 Å². The Bertz CT molecular complexity index is 395. The molecule has 0 aromatic heterocycles. The third kappa shape index (κ3) is 13.9. The van der Waals surface area contributed by atoms with Gasteiger partial charge in [0.05, 0.1) is 13.2 Å². The second-order valence-corrected chi connectivity index (χ2v) is 8.79. The van der Waals surface area contributed by atoms with Gasteiger partial charge in [-0.1, -0.05) is 80.1 Å². The van der Waals surface area contributed by atoms with Gasteiger partial charge in [0.15, 0.2) is 0 Å². The number of hydrogen-bond acceptors (Lipinski definition) is 4. The van der Waals surface area contributed by atoms with Gasteiger partial charge in [-0.15, -0.1) is 0 Å². The molecule has 26 heavy (non-hydrogen) atoms. The Morgan fingerprint density at radius 2 is 1.04 bits per heavy atom. The Morgan fingerprint density at radius 3 is 1.35 bits per heavy atom. The smallest absolute Gasteiger partial charge is 0.331 e. The van der Waals surface area contributed by atoms with Crippen molar-refractivity contribution in [2.24, 2.45) is 10.8 Å². The van der Waals surface area contributed by atoms with Crippen LogP contribution in [0.1, 0.15) is 92.9 Å². The van der Waals surface area contributed by atoms with Crippen LogP contribution in [0.5, 0.6) is 0 Å². The molecule has 0 saturated heterocycles. The molecule has 0 spiro atoms. The molecule has 0 saturated carbocycles. The van der Waals surface area contributed by atoms with E-state index in [9.17, 15) is 9.59 Å². The van der Waals surface area contributed by atoms with Crippen molar-refractivity contribution < 1.29 is 19.1 Å². The maximum atomic E-state index is 11.8. The zero-order valence-corrected chi connectivity index (χ0v) is 17.9. The van der Waals surface area contributed by atoms with Crippen LogP contribution in [0.4, 0.5) is 0 Å². The van der Waals surface area contributed by atoms with E-state index in [0.29, 0.717) is 13.2 Å². The Balaban J connectivity index is 4.13. The summed E-state index contributed by atoms with van der Waals surface area (Å²) >= 11 is 0. The molecular formula is C22H40O4. The van der Waals surface area contributed by atoms with Crippen LogP contribution in [0.3, 0.4) is 0 Å². The topological polar surface area (TPSA) is 52.6 Å². The van der Waals surface area contributed by atoms with Crippen molar-refractivity contribution in [3.63, 3.8) is 0 Å². The predicted molar refractivity (Wildman–Crippen MR) is 107 cm³/mol. The van der Waals surface area contributed by atoms with Crippen molar-refractivity contribution >= 4 is 11.9 Å². The summed E-state index contributed by atoms with van der Waals surface area (Å²) in [6.07, 6.45) is 11.4. The number of ether oxygens (including phenoxy) is 2. The van der Waals surface area contributed by atoms with Crippen LogP contribution in [0.15, 0.2) is 12.2 Å². The zero-order chi connectivity index (χ0) is 20.1. The van der Waals surface area contributed by atoms with E-state index in [1.54, 1.807) is 0 Å². The third-order valence-corrected chi connectivity index (χ3v) is 4.48. The molecule has 0 aliphatic carbocycles. The summed E-state index contributed by atoms with van der Waals surface area (Å²) in [6.45, 7) is 13.4. The summed E-state index contributed by atoms with van der Waals surface area (Å²) in [6, 6.07) is 0. The highest BCUT2D eigenvalue weighted by molar-refractivity contribution is 5.91. The summed E-state index contributed by atoms with van der Waals surface area (Å²) in [4.78, 5) is 23.6. The molecule has 0 unspecified atom stereocenters. The third-order valence-electron chi connectivity index (χ3n) is 4.48. The van der Waals surface area contributed by atoms with Crippen molar-refractivity contribution in [2.75, 3.05) is 13.2 Å². The molecule has 0 rings (SSSR count). The minimum atomic E-state index is -0.493. The van der Waals surface area contributed by atoms with Gasteiger partial charge < -0.3 is 9.47 Å². The number of hydrogen-bond donors (Lipinski definition) is 0. The minimum Gasteiger partial charge on any atom is -0.462 e. The maximum Gasteiger partial charge on any atom is 0.331 e. The summed E-state index contributed by atoms with van der Waals surface area (Å²) in [7, 11) is 0. The van der Waals surface area contributed by atoms with E-state index >= 15 is 0 Å². The molecule has 0 N–H and O–H groups in total. The summed E-state index contributed by atoms with van der Waals surface area (Å²) in [5, 5.41) is 0. The van der Waals surface area contributed by atoms with Gasteiger partial charge in [-0.05, 0) is 23.7 Å². The van der Waals surface area contributed by atoms with Crippen LogP contribution in [0, 0.1) is 10.8 Å². The first-order chi connectivity index (χ1) is 12.1. The van der Waals surface area contributed by atoms with Crippen molar-refractivity contribution in [2.45, 2.75) is 92.9 Å². The van der Waals surface area contributed by atoms with E-state index in [4.69, 9.17) is 9.47 Å². The molecule has 0 heterocycles. The highest BCUT2D eigenvalue weighted by atomic mass is 16.5. The SMILES string of the molecule is CCCCCC(C)(C)COC(=O)/C=C\C(=O)OCC(C)(C)CCCCC. The highest BCUT2D eigenvalue weighted by Gasteiger charge is 2.20. The molecule has 0 atom stereocenters. The molecule has 152 valence electrons. The number of esters is 2. The van der Waals surface area contributed by atoms with Crippen LogP contribution in [-0.4, -0.2) is 25.2 Å². The molecule has 4 heteroatoms. The standard InChI is InChI=1S/C22H40O4/c1-7-9-11-15-21(3,4)17-25-19(23)13-14-20(24)26-18-22(5,6)16-12-10-8-2/h13-14H,7-12,15-18H2,1-6H3/b14-13-. The van der Waals surface area contributed by atoms with Gasteiger partial charge in [-0.25, -0.2) is 9.59 Å². The van der Waals surface area contributed by atoms with Crippen LogP contribution in [0.2, 0.25) is 0 Å². The van der Waals surface area contributed by atoms with E-state index in [0.717, 1.165) is 37.8 Å². The average molecular weight is 369 g/mol. The Kier molecular flexibility index (Phi) is 12.3. The first kappa shape index (κ1) is 24.7. The van der Waals surface area contributed by atoms with Crippen molar-refractivity contribution in [3.8, 4) is 0 Å². The van der Waals surface area contributed by atoms with Crippen molar-refractivity contribution in [1.82, 2.24) is 0 Å². The van der Waals surface area contributed by atoms with Crippen LogP contribution in [0.25, 0.3) is 0 Å². The molecular weight excluding hydrogens is 328 g/mol. The number of unbranched alkanes of at least 4 members (excludes halogenated alkanes) is 4. The van der Waals surface area contributed by atoms with Gasteiger partial charge in [0.2, 0.25) is 0 Å². The largest absolute Gasteiger partial charge is 0.462 e. The van der Waals surface area contributed by atoms with Gasteiger partial charge in [-0.3, -0.25) is 0 Å². The molecule has 0 fully saturated rings. The average Bonchev–Trinajstić information content (AvgIpc) is 2.57. The maximum absolute atomic E-state index is 11.8. The van der Waals surface area contributed by atoms with E-state index in [1.807, 2.05) is 0 Å². The molecule has 0 aliphatic heterocycles. The molecule has 0 aromatic rings. The first-order valence-corrected chi connectivity index (χ1v) is 10.1. The lowest BCUT2D eigenvalue weighted by Crippen LogP contribution is -2.22.